The molecule has 1 unspecified atom stereocenters. The highest BCUT2D eigenvalue weighted by Gasteiger charge is 2.20. The molecular formula is C15H32N2. The van der Waals surface area contributed by atoms with E-state index < -0.39 is 0 Å². The standard InChI is InChI=1S/C15H32N2/c1-5-16-14(4)7-6-10-17-11-8-15(9-12-17)13(2)3/h13-16H,5-12H2,1-4H3. The first-order chi connectivity index (χ1) is 8.13. The SMILES string of the molecule is CCNC(C)CCCN1CCC(C(C)C)CC1. The lowest BCUT2D eigenvalue weighted by Gasteiger charge is -2.34. The van der Waals surface area contributed by atoms with Crippen molar-refractivity contribution in [2.75, 3.05) is 26.2 Å². The molecule has 17 heavy (non-hydrogen) atoms. The first-order valence-electron chi connectivity index (χ1n) is 7.59. The van der Waals surface area contributed by atoms with E-state index in [1.165, 1.54) is 45.3 Å². The van der Waals surface area contributed by atoms with Gasteiger partial charge in [0.25, 0.3) is 0 Å². The molecule has 1 aliphatic heterocycles. The normalized spacial score (nSPS) is 21.0. The summed E-state index contributed by atoms with van der Waals surface area (Å²) in [6, 6.07) is 0.688. The predicted molar refractivity (Wildman–Crippen MR) is 76.4 cm³/mol. The summed E-state index contributed by atoms with van der Waals surface area (Å²) >= 11 is 0. The molecule has 1 fully saturated rings. The molecule has 2 heteroatoms. The Hall–Kier alpha value is -0.0800. The van der Waals surface area contributed by atoms with E-state index in [9.17, 15) is 0 Å². The van der Waals surface area contributed by atoms with Gasteiger partial charge in [0.15, 0.2) is 0 Å². The molecule has 0 bridgehead atoms. The Morgan fingerprint density at radius 2 is 1.82 bits per heavy atom. The van der Waals surface area contributed by atoms with Crippen LogP contribution in [0.15, 0.2) is 0 Å². The van der Waals surface area contributed by atoms with Gasteiger partial charge < -0.3 is 10.2 Å². The second-order valence-corrected chi connectivity index (χ2v) is 6.02. The van der Waals surface area contributed by atoms with Crippen LogP contribution in [-0.2, 0) is 0 Å². The molecule has 102 valence electrons. The average Bonchev–Trinajstić information content (AvgIpc) is 2.30. The first-order valence-corrected chi connectivity index (χ1v) is 7.59. The van der Waals surface area contributed by atoms with Gasteiger partial charge in [0.05, 0.1) is 0 Å². The second-order valence-electron chi connectivity index (χ2n) is 6.02. The van der Waals surface area contributed by atoms with E-state index in [0.29, 0.717) is 6.04 Å². The summed E-state index contributed by atoms with van der Waals surface area (Å²) in [6.07, 6.45) is 5.50. The maximum Gasteiger partial charge on any atom is 0.00390 e. The van der Waals surface area contributed by atoms with Crippen LogP contribution in [0.25, 0.3) is 0 Å². The first kappa shape index (κ1) is 15.0. The van der Waals surface area contributed by atoms with E-state index in [1.54, 1.807) is 0 Å². The summed E-state index contributed by atoms with van der Waals surface area (Å²) < 4.78 is 0. The summed E-state index contributed by atoms with van der Waals surface area (Å²) in [4.78, 5) is 2.66. The topological polar surface area (TPSA) is 15.3 Å². The molecule has 0 aromatic carbocycles. The van der Waals surface area contributed by atoms with Gasteiger partial charge in [-0.1, -0.05) is 20.8 Å². The molecule has 1 rings (SSSR count). The van der Waals surface area contributed by atoms with Gasteiger partial charge in [0.2, 0.25) is 0 Å². The van der Waals surface area contributed by atoms with Gasteiger partial charge in [-0.05, 0) is 70.6 Å². The van der Waals surface area contributed by atoms with Gasteiger partial charge in [-0.2, -0.15) is 0 Å². The van der Waals surface area contributed by atoms with Gasteiger partial charge in [0, 0.05) is 6.04 Å². The molecule has 0 saturated carbocycles. The molecule has 1 saturated heterocycles. The Morgan fingerprint density at radius 1 is 1.18 bits per heavy atom. The molecule has 1 aliphatic rings. The van der Waals surface area contributed by atoms with E-state index in [-0.39, 0.29) is 0 Å². The maximum absolute atomic E-state index is 3.49. The Balaban J connectivity index is 2.06. The third kappa shape index (κ3) is 5.87. The minimum absolute atomic E-state index is 0.688. The molecule has 0 aromatic rings. The van der Waals surface area contributed by atoms with Crippen LogP contribution in [0.2, 0.25) is 0 Å². The van der Waals surface area contributed by atoms with Crippen molar-refractivity contribution in [1.29, 1.82) is 0 Å². The van der Waals surface area contributed by atoms with Crippen LogP contribution < -0.4 is 5.32 Å². The van der Waals surface area contributed by atoms with E-state index in [0.717, 1.165) is 18.4 Å². The number of nitrogens with zero attached hydrogens (tertiary/aromatic N) is 1. The van der Waals surface area contributed by atoms with Crippen molar-refractivity contribution >= 4 is 0 Å². The molecular weight excluding hydrogens is 208 g/mol. The van der Waals surface area contributed by atoms with E-state index in [2.05, 4.69) is 37.9 Å². The van der Waals surface area contributed by atoms with Crippen LogP contribution in [0, 0.1) is 11.8 Å². The molecule has 2 nitrogen and oxygen atoms in total. The third-order valence-electron chi connectivity index (χ3n) is 4.24. The largest absolute Gasteiger partial charge is 0.315 e. The Labute approximate surface area is 108 Å². The third-order valence-corrected chi connectivity index (χ3v) is 4.24. The number of hydrogen-bond donors (Lipinski definition) is 1. The van der Waals surface area contributed by atoms with E-state index in [4.69, 9.17) is 0 Å². The fourth-order valence-electron chi connectivity index (χ4n) is 2.91. The molecule has 0 aromatic heterocycles. The Morgan fingerprint density at radius 3 is 2.35 bits per heavy atom. The smallest absolute Gasteiger partial charge is 0.00390 e. The summed E-state index contributed by atoms with van der Waals surface area (Å²) in [5.74, 6) is 1.86. The quantitative estimate of drug-likeness (QED) is 0.735. The molecule has 0 amide bonds. The summed E-state index contributed by atoms with van der Waals surface area (Å²) in [6.45, 7) is 14.3. The molecule has 1 N–H and O–H groups in total. The molecule has 0 spiro atoms. The van der Waals surface area contributed by atoms with Crippen LogP contribution in [0.5, 0.6) is 0 Å². The molecule has 0 aliphatic carbocycles. The average molecular weight is 240 g/mol. The van der Waals surface area contributed by atoms with Crippen LogP contribution in [0.1, 0.15) is 53.4 Å². The lowest BCUT2D eigenvalue weighted by Crippen LogP contribution is -2.36. The van der Waals surface area contributed by atoms with Gasteiger partial charge >= 0.3 is 0 Å². The minimum Gasteiger partial charge on any atom is -0.315 e. The fourth-order valence-corrected chi connectivity index (χ4v) is 2.91. The van der Waals surface area contributed by atoms with E-state index >= 15 is 0 Å². The van der Waals surface area contributed by atoms with Crippen molar-refractivity contribution in [2.45, 2.75) is 59.4 Å². The maximum atomic E-state index is 3.49. The van der Waals surface area contributed by atoms with Gasteiger partial charge in [-0.3, -0.25) is 0 Å². The van der Waals surface area contributed by atoms with Crippen LogP contribution in [0.3, 0.4) is 0 Å². The molecule has 1 atom stereocenters. The highest BCUT2D eigenvalue weighted by molar-refractivity contribution is 4.74. The summed E-state index contributed by atoms with van der Waals surface area (Å²) in [5.41, 5.74) is 0. The zero-order valence-corrected chi connectivity index (χ0v) is 12.3. The highest BCUT2D eigenvalue weighted by atomic mass is 15.1. The number of rotatable bonds is 7. The van der Waals surface area contributed by atoms with Crippen molar-refractivity contribution < 1.29 is 0 Å². The Bertz CT molecular complexity index is 183. The van der Waals surface area contributed by atoms with E-state index in [1.807, 2.05) is 0 Å². The number of likely N-dealkylation sites (tertiary alicyclic amines) is 1. The van der Waals surface area contributed by atoms with Crippen LogP contribution >= 0.6 is 0 Å². The van der Waals surface area contributed by atoms with Crippen molar-refractivity contribution in [1.82, 2.24) is 10.2 Å². The predicted octanol–water partition coefficient (Wildman–Crippen LogP) is 3.13. The summed E-state index contributed by atoms with van der Waals surface area (Å²) in [5, 5.41) is 3.49. The van der Waals surface area contributed by atoms with Gasteiger partial charge in [0.1, 0.15) is 0 Å². The lowest BCUT2D eigenvalue weighted by molar-refractivity contribution is 0.155. The molecule has 0 radical (unpaired) electrons. The van der Waals surface area contributed by atoms with Crippen LogP contribution in [0.4, 0.5) is 0 Å². The van der Waals surface area contributed by atoms with Crippen molar-refractivity contribution in [2.24, 2.45) is 11.8 Å². The second kappa shape index (κ2) is 8.10. The number of hydrogen-bond acceptors (Lipinski definition) is 2. The minimum atomic E-state index is 0.688. The monoisotopic (exact) mass is 240 g/mol. The Kier molecular flexibility index (Phi) is 7.14. The van der Waals surface area contributed by atoms with Crippen molar-refractivity contribution in [3.05, 3.63) is 0 Å². The number of nitrogens with one attached hydrogen (secondary N) is 1. The van der Waals surface area contributed by atoms with Crippen molar-refractivity contribution in [3.8, 4) is 0 Å². The van der Waals surface area contributed by atoms with Gasteiger partial charge in [-0.15, -0.1) is 0 Å². The molecule has 1 heterocycles. The van der Waals surface area contributed by atoms with Gasteiger partial charge in [-0.25, -0.2) is 0 Å². The lowest BCUT2D eigenvalue weighted by atomic mass is 9.86. The summed E-state index contributed by atoms with van der Waals surface area (Å²) in [7, 11) is 0. The fraction of sp³-hybridized carbons (Fsp3) is 1.00. The number of piperidine rings is 1. The van der Waals surface area contributed by atoms with Crippen molar-refractivity contribution in [3.63, 3.8) is 0 Å². The zero-order valence-electron chi connectivity index (χ0n) is 12.3. The van der Waals surface area contributed by atoms with Crippen LogP contribution in [-0.4, -0.2) is 37.1 Å². The highest BCUT2D eigenvalue weighted by Crippen LogP contribution is 2.24. The zero-order chi connectivity index (χ0) is 12.7.